The van der Waals surface area contributed by atoms with Crippen LogP contribution >= 0.6 is 11.8 Å². The van der Waals surface area contributed by atoms with E-state index in [1.54, 1.807) is 0 Å². The molecule has 0 aromatic carbocycles. The highest BCUT2D eigenvalue weighted by molar-refractivity contribution is 7.99. The van der Waals surface area contributed by atoms with Crippen molar-refractivity contribution in [3.05, 3.63) is 0 Å². The van der Waals surface area contributed by atoms with Crippen molar-refractivity contribution in [3.8, 4) is 6.07 Å². The van der Waals surface area contributed by atoms with Gasteiger partial charge in [-0.25, -0.2) is 0 Å². The SMILES string of the molecule is CCNC(C)(C#N)CCCCSCC. The van der Waals surface area contributed by atoms with Gasteiger partial charge in [-0.15, -0.1) is 0 Å². The highest BCUT2D eigenvalue weighted by Gasteiger charge is 2.20. The number of nitrogens with zero attached hydrogens (tertiary/aromatic N) is 1. The van der Waals surface area contributed by atoms with Gasteiger partial charge in [0.25, 0.3) is 0 Å². The lowest BCUT2D eigenvalue weighted by atomic mass is 9.97. The Morgan fingerprint density at radius 1 is 1.36 bits per heavy atom. The van der Waals surface area contributed by atoms with Crippen molar-refractivity contribution in [1.82, 2.24) is 5.32 Å². The first-order valence-corrected chi connectivity index (χ1v) is 6.58. The van der Waals surface area contributed by atoms with Crippen LogP contribution in [0.1, 0.15) is 40.0 Å². The number of hydrogen-bond acceptors (Lipinski definition) is 3. The quantitative estimate of drug-likeness (QED) is 0.631. The van der Waals surface area contributed by atoms with Gasteiger partial charge >= 0.3 is 0 Å². The van der Waals surface area contributed by atoms with E-state index in [-0.39, 0.29) is 5.54 Å². The monoisotopic (exact) mass is 214 g/mol. The van der Waals surface area contributed by atoms with E-state index < -0.39 is 0 Å². The molecule has 0 fully saturated rings. The Bertz CT molecular complexity index is 177. The summed E-state index contributed by atoms with van der Waals surface area (Å²) in [6.45, 7) is 7.09. The normalized spacial score (nSPS) is 14.7. The highest BCUT2D eigenvalue weighted by Crippen LogP contribution is 2.14. The van der Waals surface area contributed by atoms with Crippen LogP contribution in [0, 0.1) is 11.3 Å². The zero-order chi connectivity index (χ0) is 10.9. The Morgan fingerprint density at radius 3 is 2.57 bits per heavy atom. The van der Waals surface area contributed by atoms with Gasteiger partial charge in [0.15, 0.2) is 0 Å². The van der Waals surface area contributed by atoms with Crippen molar-refractivity contribution in [3.63, 3.8) is 0 Å². The van der Waals surface area contributed by atoms with Crippen LogP contribution in [0.25, 0.3) is 0 Å². The molecule has 0 bridgehead atoms. The third-order valence-corrected chi connectivity index (χ3v) is 3.22. The topological polar surface area (TPSA) is 35.8 Å². The number of rotatable bonds is 8. The van der Waals surface area contributed by atoms with Crippen LogP contribution in [-0.4, -0.2) is 23.6 Å². The molecule has 0 spiro atoms. The third-order valence-electron chi connectivity index (χ3n) is 2.23. The zero-order valence-corrected chi connectivity index (χ0v) is 10.4. The summed E-state index contributed by atoms with van der Waals surface area (Å²) in [4.78, 5) is 0. The molecule has 1 unspecified atom stereocenters. The van der Waals surface area contributed by atoms with E-state index in [9.17, 15) is 0 Å². The molecule has 1 atom stereocenters. The molecule has 0 saturated carbocycles. The highest BCUT2D eigenvalue weighted by atomic mass is 32.2. The van der Waals surface area contributed by atoms with Crippen molar-refractivity contribution >= 4 is 11.8 Å². The lowest BCUT2D eigenvalue weighted by Gasteiger charge is -2.22. The minimum Gasteiger partial charge on any atom is -0.300 e. The standard InChI is InChI=1S/C11H22N2S/c1-4-13-11(3,10-12)8-6-7-9-14-5-2/h13H,4-9H2,1-3H3. The van der Waals surface area contributed by atoms with Crippen molar-refractivity contribution in [2.45, 2.75) is 45.6 Å². The summed E-state index contributed by atoms with van der Waals surface area (Å²) in [7, 11) is 0. The molecule has 0 aromatic heterocycles. The van der Waals surface area contributed by atoms with Gasteiger partial charge in [0.2, 0.25) is 0 Å². The maximum absolute atomic E-state index is 9.00. The Labute approximate surface area is 92.5 Å². The molecule has 0 heterocycles. The van der Waals surface area contributed by atoms with Crippen LogP contribution in [0.15, 0.2) is 0 Å². The maximum atomic E-state index is 9.00. The van der Waals surface area contributed by atoms with E-state index in [0.717, 1.165) is 19.4 Å². The molecular weight excluding hydrogens is 192 g/mol. The molecule has 0 aliphatic heterocycles. The second-order valence-electron chi connectivity index (χ2n) is 3.63. The van der Waals surface area contributed by atoms with E-state index in [2.05, 4.69) is 18.3 Å². The maximum Gasteiger partial charge on any atom is 0.103 e. The number of thioether (sulfide) groups is 1. The molecule has 0 aliphatic carbocycles. The smallest absolute Gasteiger partial charge is 0.103 e. The second kappa shape index (κ2) is 8.14. The van der Waals surface area contributed by atoms with Gasteiger partial charge in [-0.2, -0.15) is 17.0 Å². The number of unbranched alkanes of at least 4 members (excludes halogenated alkanes) is 1. The Hall–Kier alpha value is -0.200. The summed E-state index contributed by atoms with van der Waals surface area (Å²) in [5.41, 5.74) is -0.314. The molecule has 82 valence electrons. The van der Waals surface area contributed by atoms with Gasteiger partial charge in [-0.3, -0.25) is 5.32 Å². The van der Waals surface area contributed by atoms with Gasteiger partial charge in [0.05, 0.1) is 6.07 Å². The van der Waals surface area contributed by atoms with Gasteiger partial charge in [-0.1, -0.05) is 13.8 Å². The van der Waals surface area contributed by atoms with E-state index in [1.807, 2.05) is 25.6 Å². The Kier molecular flexibility index (Phi) is 8.02. The average molecular weight is 214 g/mol. The van der Waals surface area contributed by atoms with Crippen LogP contribution in [0.4, 0.5) is 0 Å². The predicted molar refractivity (Wildman–Crippen MR) is 64.5 cm³/mol. The third kappa shape index (κ3) is 6.28. The first-order chi connectivity index (χ1) is 6.68. The van der Waals surface area contributed by atoms with E-state index in [1.165, 1.54) is 17.9 Å². The fourth-order valence-electron chi connectivity index (χ4n) is 1.40. The Morgan fingerprint density at radius 2 is 2.07 bits per heavy atom. The van der Waals surface area contributed by atoms with Crippen molar-refractivity contribution < 1.29 is 0 Å². The largest absolute Gasteiger partial charge is 0.300 e. The summed E-state index contributed by atoms with van der Waals surface area (Å²) < 4.78 is 0. The van der Waals surface area contributed by atoms with Gasteiger partial charge in [0, 0.05) is 0 Å². The molecule has 14 heavy (non-hydrogen) atoms. The molecule has 0 saturated heterocycles. The predicted octanol–water partition coefficient (Wildman–Crippen LogP) is 2.80. The van der Waals surface area contributed by atoms with Gasteiger partial charge in [-0.05, 0) is 44.2 Å². The molecule has 0 rings (SSSR count). The lowest BCUT2D eigenvalue weighted by molar-refractivity contribution is 0.415. The number of nitrogens with one attached hydrogen (secondary N) is 1. The first-order valence-electron chi connectivity index (χ1n) is 5.42. The molecule has 0 aromatic rings. The number of nitriles is 1. The molecule has 1 N–H and O–H groups in total. The molecule has 3 heteroatoms. The summed E-state index contributed by atoms with van der Waals surface area (Å²) >= 11 is 1.98. The first kappa shape index (κ1) is 13.8. The molecule has 0 aliphatic rings. The molecule has 0 radical (unpaired) electrons. The van der Waals surface area contributed by atoms with Gasteiger partial charge < -0.3 is 0 Å². The van der Waals surface area contributed by atoms with Crippen molar-refractivity contribution in [2.24, 2.45) is 0 Å². The second-order valence-corrected chi connectivity index (χ2v) is 5.02. The van der Waals surface area contributed by atoms with E-state index in [4.69, 9.17) is 5.26 Å². The summed E-state index contributed by atoms with van der Waals surface area (Å²) in [5.74, 6) is 2.42. The van der Waals surface area contributed by atoms with Crippen LogP contribution in [0.2, 0.25) is 0 Å². The summed E-state index contributed by atoms with van der Waals surface area (Å²) in [6, 6.07) is 2.35. The minimum atomic E-state index is -0.314. The van der Waals surface area contributed by atoms with E-state index >= 15 is 0 Å². The van der Waals surface area contributed by atoms with Crippen LogP contribution < -0.4 is 5.32 Å². The fraction of sp³-hybridized carbons (Fsp3) is 0.909. The summed E-state index contributed by atoms with van der Waals surface area (Å²) in [6.07, 6.45) is 3.33. The van der Waals surface area contributed by atoms with Gasteiger partial charge in [0.1, 0.15) is 5.54 Å². The molecule has 2 nitrogen and oxygen atoms in total. The minimum absolute atomic E-state index is 0.314. The average Bonchev–Trinajstić information content (AvgIpc) is 2.18. The van der Waals surface area contributed by atoms with Crippen LogP contribution in [-0.2, 0) is 0 Å². The Balaban J connectivity index is 3.58. The lowest BCUT2D eigenvalue weighted by Crippen LogP contribution is -2.40. The molecule has 0 amide bonds. The molecular formula is C11H22N2S. The summed E-state index contributed by atoms with van der Waals surface area (Å²) in [5, 5.41) is 12.2. The van der Waals surface area contributed by atoms with E-state index in [0.29, 0.717) is 0 Å². The zero-order valence-electron chi connectivity index (χ0n) is 9.60. The fourth-order valence-corrected chi connectivity index (χ4v) is 2.10. The van der Waals surface area contributed by atoms with Crippen LogP contribution in [0.3, 0.4) is 0 Å². The van der Waals surface area contributed by atoms with Crippen LogP contribution in [0.5, 0.6) is 0 Å². The number of hydrogen-bond donors (Lipinski definition) is 1. The van der Waals surface area contributed by atoms with Crippen molar-refractivity contribution in [2.75, 3.05) is 18.1 Å². The van der Waals surface area contributed by atoms with Crippen molar-refractivity contribution in [1.29, 1.82) is 5.26 Å².